The van der Waals surface area contributed by atoms with E-state index in [1.807, 2.05) is 13.8 Å². The van der Waals surface area contributed by atoms with Crippen molar-refractivity contribution in [1.29, 1.82) is 0 Å². The predicted octanol–water partition coefficient (Wildman–Crippen LogP) is 2.52. The van der Waals surface area contributed by atoms with Gasteiger partial charge in [0.05, 0.1) is 5.60 Å². The molecule has 1 heterocycles. The fraction of sp³-hybridized carbons (Fsp3) is 0.571. The molecule has 0 bridgehead atoms. The Morgan fingerprint density at radius 2 is 2.12 bits per heavy atom. The van der Waals surface area contributed by atoms with Gasteiger partial charge in [-0.3, -0.25) is 0 Å². The smallest absolute Gasteiger partial charge is 0.0611 e. The van der Waals surface area contributed by atoms with Gasteiger partial charge in [0.25, 0.3) is 0 Å². The van der Waals surface area contributed by atoms with Crippen LogP contribution in [0.3, 0.4) is 0 Å². The highest BCUT2D eigenvalue weighted by Gasteiger charge is 2.30. The molecule has 1 aromatic rings. The van der Waals surface area contributed by atoms with E-state index in [2.05, 4.69) is 37.1 Å². The van der Waals surface area contributed by atoms with Crippen molar-refractivity contribution < 1.29 is 5.11 Å². The number of aliphatic hydroxyl groups is 1. The van der Waals surface area contributed by atoms with Crippen molar-refractivity contribution in [2.75, 3.05) is 11.9 Å². The Balaban J connectivity index is 2.20. The molecule has 1 atom stereocenters. The summed E-state index contributed by atoms with van der Waals surface area (Å²) < 4.78 is 0. The Kier molecular flexibility index (Phi) is 2.70. The Labute approximate surface area is 97.9 Å². The van der Waals surface area contributed by atoms with E-state index < -0.39 is 5.60 Å². The number of likely N-dealkylation sites (N-methyl/N-ethyl adjacent to an activating group) is 1. The third-order valence-electron chi connectivity index (χ3n) is 3.35. The average Bonchev–Trinajstić information content (AvgIpc) is 2.40. The second-order valence-corrected chi connectivity index (χ2v) is 5.62. The van der Waals surface area contributed by atoms with Gasteiger partial charge in [-0.1, -0.05) is 17.7 Å². The number of fused-ring (bicyclic) bond motifs is 1. The highest BCUT2D eigenvalue weighted by atomic mass is 16.3. The van der Waals surface area contributed by atoms with E-state index in [1.54, 1.807) is 0 Å². The molecule has 1 N–H and O–H groups in total. The molecule has 0 saturated heterocycles. The molecule has 0 fully saturated rings. The van der Waals surface area contributed by atoms with E-state index in [9.17, 15) is 5.11 Å². The van der Waals surface area contributed by atoms with E-state index in [0.29, 0.717) is 6.04 Å². The summed E-state index contributed by atoms with van der Waals surface area (Å²) in [5.74, 6) is 0. The third-order valence-corrected chi connectivity index (χ3v) is 3.35. The summed E-state index contributed by atoms with van der Waals surface area (Å²) in [7, 11) is 2.12. The first-order valence-electron chi connectivity index (χ1n) is 5.91. The first-order valence-corrected chi connectivity index (χ1v) is 5.91. The Morgan fingerprint density at radius 3 is 2.75 bits per heavy atom. The molecule has 1 aliphatic heterocycles. The fourth-order valence-corrected chi connectivity index (χ4v) is 2.60. The van der Waals surface area contributed by atoms with Crippen LogP contribution in [0.5, 0.6) is 0 Å². The topological polar surface area (TPSA) is 23.5 Å². The number of hydrogen-bond donors (Lipinski definition) is 1. The second-order valence-electron chi connectivity index (χ2n) is 5.62. The average molecular weight is 219 g/mol. The van der Waals surface area contributed by atoms with Gasteiger partial charge in [0.2, 0.25) is 0 Å². The third kappa shape index (κ3) is 2.22. The van der Waals surface area contributed by atoms with Crippen LogP contribution in [0.1, 0.15) is 31.4 Å². The lowest BCUT2D eigenvalue weighted by Gasteiger charge is -2.28. The molecule has 0 saturated carbocycles. The Bertz CT molecular complexity index is 392. The standard InChI is InChI=1S/C14H21NO/c1-10-5-6-13-11(7-10)8-12(15(13)4)9-14(2,3)16/h5-7,12,16H,8-9H2,1-4H3. The number of nitrogens with zero attached hydrogens (tertiary/aromatic N) is 1. The van der Waals surface area contributed by atoms with Crippen molar-refractivity contribution in [3.63, 3.8) is 0 Å². The first-order chi connectivity index (χ1) is 7.37. The van der Waals surface area contributed by atoms with Crippen molar-refractivity contribution in [3.8, 4) is 0 Å². The van der Waals surface area contributed by atoms with Gasteiger partial charge in [0.1, 0.15) is 0 Å². The lowest BCUT2D eigenvalue weighted by atomic mass is 9.96. The maximum atomic E-state index is 9.90. The number of rotatable bonds is 2. The molecule has 0 amide bonds. The maximum absolute atomic E-state index is 9.90. The van der Waals surface area contributed by atoms with Gasteiger partial charge in [-0.15, -0.1) is 0 Å². The number of aryl methyl sites for hydroxylation is 1. The molecule has 0 aromatic heterocycles. The molecule has 1 unspecified atom stereocenters. The van der Waals surface area contributed by atoms with Crippen LogP contribution in [0.4, 0.5) is 5.69 Å². The normalized spacial score (nSPS) is 20.1. The lowest BCUT2D eigenvalue weighted by molar-refractivity contribution is 0.0639. The zero-order valence-electron chi connectivity index (χ0n) is 10.6. The molecule has 0 aliphatic carbocycles. The van der Waals surface area contributed by atoms with Crippen molar-refractivity contribution in [1.82, 2.24) is 0 Å². The van der Waals surface area contributed by atoms with Gasteiger partial charge in [-0.2, -0.15) is 0 Å². The molecular weight excluding hydrogens is 198 g/mol. The van der Waals surface area contributed by atoms with Gasteiger partial charge >= 0.3 is 0 Å². The number of benzene rings is 1. The van der Waals surface area contributed by atoms with E-state index in [1.165, 1.54) is 16.8 Å². The molecule has 1 aliphatic rings. The molecule has 0 spiro atoms. The van der Waals surface area contributed by atoms with E-state index in [-0.39, 0.29) is 0 Å². The SMILES string of the molecule is Cc1ccc2c(c1)CC(CC(C)(C)O)N2C. The maximum Gasteiger partial charge on any atom is 0.0611 e. The van der Waals surface area contributed by atoms with Crippen molar-refractivity contribution in [3.05, 3.63) is 29.3 Å². The minimum Gasteiger partial charge on any atom is -0.390 e. The van der Waals surface area contributed by atoms with Crippen LogP contribution in [-0.2, 0) is 6.42 Å². The fourth-order valence-electron chi connectivity index (χ4n) is 2.60. The predicted molar refractivity (Wildman–Crippen MR) is 68.0 cm³/mol. The van der Waals surface area contributed by atoms with Gasteiger partial charge in [-0.05, 0) is 45.2 Å². The minimum absolute atomic E-state index is 0.428. The van der Waals surface area contributed by atoms with Gasteiger partial charge in [0, 0.05) is 18.8 Å². The lowest BCUT2D eigenvalue weighted by Crippen LogP contribution is -2.35. The molecule has 16 heavy (non-hydrogen) atoms. The van der Waals surface area contributed by atoms with Crippen molar-refractivity contribution >= 4 is 5.69 Å². The highest BCUT2D eigenvalue weighted by Crippen LogP contribution is 2.34. The monoisotopic (exact) mass is 219 g/mol. The van der Waals surface area contributed by atoms with E-state index in [0.717, 1.165) is 12.8 Å². The summed E-state index contributed by atoms with van der Waals surface area (Å²) in [5.41, 5.74) is 3.46. The summed E-state index contributed by atoms with van der Waals surface area (Å²) >= 11 is 0. The number of anilines is 1. The Hall–Kier alpha value is -1.02. The first kappa shape index (κ1) is 11.5. The Morgan fingerprint density at radius 1 is 1.44 bits per heavy atom. The quantitative estimate of drug-likeness (QED) is 0.826. The summed E-state index contributed by atoms with van der Waals surface area (Å²) in [5, 5.41) is 9.90. The minimum atomic E-state index is -0.587. The molecule has 0 radical (unpaired) electrons. The summed E-state index contributed by atoms with van der Waals surface area (Å²) in [6.45, 7) is 5.90. The van der Waals surface area contributed by atoms with Crippen molar-refractivity contribution in [2.45, 2.75) is 45.3 Å². The van der Waals surface area contributed by atoms with E-state index >= 15 is 0 Å². The van der Waals surface area contributed by atoms with Crippen LogP contribution in [-0.4, -0.2) is 23.8 Å². The van der Waals surface area contributed by atoms with Crippen LogP contribution in [0.2, 0.25) is 0 Å². The largest absolute Gasteiger partial charge is 0.390 e. The summed E-state index contributed by atoms with van der Waals surface area (Å²) in [6.07, 6.45) is 1.87. The highest BCUT2D eigenvalue weighted by molar-refractivity contribution is 5.59. The van der Waals surface area contributed by atoms with Crippen LogP contribution in [0.15, 0.2) is 18.2 Å². The summed E-state index contributed by atoms with van der Waals surface area (Å²) in [4.78, 5) is 2.30. The van der Waals surface area contributed by atoms with Gasteiger partial charge < -0.3 is 10.0 Å². The molecule has 1 aromatic carbocycles. The van der Waals surface area contributed by atoms with Crippen LogP contribution < -0.4 is 4.90 Å². The van der Waals surface area contributed by atoms with E-state index in [4.69, 9.17) is 0 Å². The van der Waals surface area contributed by atoms with Gasteiger partial charge in [-0.25, -0.2) is 0 Å². The molecule has 2 nitrogen and oxygen atoms in total. The zero-order valence-corrected chi connectivity index (χ0v) is 10.6. The van der Waals surface area contributed by atoms with Crippen LogP contribution in [0, 0.1) is 6.92 Å². The molecule has 2 heteroatoms. The zero-order chi connectivity index (χ0) is 11.9. The van der Waals surface area contributed by atoms with Gasteiger partial charge in [0.15, 0.2) is 0 Å². The number of hydrogen-bond acceptors (Lipinski definition) is 2. The summed E-state index contributed by atoms with van der Waals surface area (Å²) in [6, 6.07) is 7.03. The second kappa shape index (κ2) is 3.77. The van der Waals surface area contributed by atoms with Crippen LogP contribution in [0.25, 0.3) is 0 Å². The van der Waals surface area contributed by atoms with Crippen LogP contribution >= 0.6 is 0 Å². The molecule has 2 rings (SSSR count). The molecule has 88 valence electrons. The molecular formula is C14H21NO. The van der Waals surface area contributed by atoms with Crippen molar-refractivity contribution in [2.24, 2.45) is 0 Å².